The number of carbonyl (C=O) groups excluding carboxylic acids is 1. The minimum absolute atomic E-state index is 0.132. The van der Waals surface area contributed by atoms with Gasteiger partial charge in [0.1, 0.15) is 0 Å². The minimum atomic E-state index is 0.132. The number of thioether (sulfide) groups is 2. The Morgan fingerprint density at radius 2 is 1.55 bits per heavy atom. The molecule has 0 saturated carbocycles. The maximum absolute atomic E-state index is 11.8. The van der Waals surface area contributed by atoms with Crippen molar-refractivity contribution < 1.29 is 4.79 Å². The highest BCUT2D eigenvalue weighted by atomic mass is 32.2. The topological polar surface area (TPSA) is 29.1 Å². The molecule has 1 amide bonds. The van der Waals surface area contributed by atoms with Crippen LogP contribution in [-0.4, -0.2) is 24.0 Å². The Bertz CT molecular complexity index is 569. The van der Waals surface area contributed by atoms with E-state index in [1.807, 2.05) is 18.2 Å². The lowest BCUT2D eigenvalue weighted by Crippen LogP contribution is -2.25. The van der Waals surface area contributed by atoms with E-state index in [4.69, 9.17) is 0 Å². The molecule has 0 radical (unpaired) electrons. The van der Waals surface area contributed by atoms with Gasteiger partial charge in [0.25, 0.3) is 0 Å². The second-order valence-corrected chi connectivity index (χ2v) is 7.26. The van der Waals surface area contributed by atoms with Crippen molar-refractivity contribution in [3.05, 3.63) is 60.2 Å². The summed E-state index contributed by atoms with van der Waals surface area (Å²) in [5.41, 5.74) is 1.27. The van der Waals surface area contributed by atoms with Crippen molar-refractivity contribution >= 4 is 29.4 Å². The molecule has 116 valence electrons. The average molecular weight is 332 g/mol. The zero-order valence-electron chi connectivity index (χ0n) is 12.7. The van der Waals surface area contributed by atoms with Crippen LogP contribution in [0.5, 0.6) is 0 Å². The Balaban J connectivity index is 1.55. The first-order chi connectivity index (χ1) is 10.7. The summed E-state index contributed by atoms with van der Waals surface area (Å²) in [5, 5.41) is 2.98. The monoisotopic (exact) mass is 331 g/mol. The number of rotatable bonds is 8. The zero-order valence-corrected chi connectivity index (χ0v) is 14.4. The Kier molecular flexibility index (Phi) is 7.40. The number of aryl methyl sites for hydroxylation is 1. The summed E-state index contributed by atoms with van der Waals surface area (Å²) in [7, 11) is 0. The molecule has 22 heavy (non-hydrogen) atoms. The predicted molar refractivity (Wildman–Crippen MR) is 96.7 cm³/mol. The predicted octanol–water partition coefficient (Wildman–Crippen LogP) is 4.39. The Morgan fingerprint density at radius 3 is 2.27 bits per heavy atom. The third-order valence-corrected chi connectivity index (χ3v) is 5.08. The van der Waals surface area contributed by atoms with Crippen molar-refractivity contribution in [2.75, 3.05) is 18.1 Å². The van der Waals surface area contributed by atoms with E-state index in [0.29, 0.717) is 13.0 Å². The molecule has 4 heteroatoms. The molecule has 0 spiro atoms. The van der Waals surface area contributed by atoms with Gasteiger partial charge in [0.05, 0.1) is 0 Å². The summed E-state index contributed by atoms with van der Waals surface area (Å²) in [4.78, 5) is 14.2. The van der Waals surface area contributed by atoms with Crippen molar-refractivity contribution in [1.29, 1.82) is 0 Å². The fourth-order valence-corrected chi connectivity index (χ4v) is 3.50. The molecule has 0 aliphatic heterocycles. The van der Waals surface area contributed by atoms with Gasteiger partial charge in [0.15, 0.2) is 0 Å². The zero-order chi connectivity index (χ0) is 15.6. The van der Waals surface area contributed by atoms with E-state index in [2.05, 4.69) is 48.6 Å². The van der Waals surface area contributed by atoms with Gasteiger partial charge < -0.3 is 5.32 Å². The summed E-state index contributed by atoms with van der Waals surface area (Å²) in [6.45, 7) is 2.80. The minimum Gasteiger partial charge on any atom is -0.355 e. The molecule has 0 aliphatic rings. The largest absolute Gasteiger partial charge is 0.355 e. The van der Waals surface area contributed by atoms with E-state index in [0.717, 1.165) is 11.5 Å². The van der Waals surface area contributed by atoms with Gasteiger partial charge in [-0.2, -0.15) is 0 Å². The van der Waals surface area contributed by atoms with Crippen LogP contribution in [0.15, 0.2) is 64.4 Å². The second kappa shape index (κ2) is 9.59. The molecule has 0 fully saturated rings. The van der Waals surface area contributed by atoms with Crippen LogP contribution in [0, 0.1) is 6.92 Å². The van der Waals surface area contributed by atoms with E-state index in [9.17, 15) is 4.79 Å². The van der Waals surface area contributed by atoms with Crippen LogP contribution in [-0.2, 0) is 4.79 Å². The molecule has 0 unspecified atom stereocenters. The van der Waals surface area contributed by atoms with Crippen LogP contribution >= 0.6 is 23.5 Å². The summed E-state index contributed by atoms with van der Waals surface area (Å²) in [6, 6.07) is 18.7. The molecule has 2 nitrogen and oxygen atoms in total. The highest BCUT2D eigenvalue weighted by molar-refractivity contribution is 7.99. The van der Waals surface area contributed by atoms with E-state index in [-0.39, 0.29) is 5.91 Å². The summed E-state index contributed by atoms with van der Waals surface area (Å²) >= 11 is 3.49. The highest BCUT2D eigenvalue weighted by Gasteiger charge is 2.02. The van der Waals surface area contributed by atoms with Crippen LogP contribution in [0.2, 0.25) is 0 Å². The summed E-state index contributed by atoms with van der Waals surface area (Å²) in [6.07, 6.45) is 0.564. The smallest absolute Gasteiger partial charge is 0.220 e. The molecule has 1 N–H and O–H groups in total. The average Bonchev–Trinajstić information content (AvgIpc) is 2.54. The van der Waals surface area contributed by atoms with Crippen LogP contribution in [0.1, 0.15) is 12.0 Å². The molecule has 2 rings (SSSR count). The van der Waals surface area contributed by atoms with E-state index in [1.165, 1.54) is 15.4 Å². The second-order valence-electron chi connectivity index (χ2n) is 4.92. The number of amides is 1. The van der Waals surface area contributed by atoms with Crippen LogP contribution in [0.3, 0.4) is 0 Å². The number of nitrogens with one attached hydrogen (secondary N) is 1. The molecule has 0 atom stereocenters. The first kappa shape index (κ1) is 17.0. The normalized spacial score (nSPS) is 10.4. The van der Waals surface area contributed by atoms with Crippen LogP contribution < -0.4 is 5.32 Å². The van der Waals surface area contributed by atoms with E-state index >= 15 is 0 Å². The fraction of sp³-hybridized carbons (Fsp3) is 0.278. The molecule has 2 aromatic rings. The lowest BCUT2D eigenvalue weighted by Gasteiger charge is -2.06. The van der Waals surface area contributed by atoms with Crippen LogP contribution in [0.4, 0.5) is 0 Å². The van der Waals surface area contributed by atoms with Crippen molar-refractivity contribution in [2.45, 2.75) is 23.1 Å². The molecular formula is C18H21NOS2. The SMILES string of the molecule is Cc1ccc(SCCNC(=O)CCSc2ccccc2)cc1. The maximum atomic E-state index is 11.8. The number of benzene rings is 2. The Hall–Kier alpha value is -1.39. The molecule has 0 heterocycles. The number of hydrogen-bond acceptors (Lipinski definition) is 3. The lowest BCUT2D eigenvalue weighted by atomic mass is 10.2. The van der Waals surface area contributed by atoms with Crippen molar-refractivity contribution in [1.82, 2.24) is 5.32 Å². The molecule has 2 aromatic carbocycles. The van der Waals surface area contributed by atoms with Gasteiger partial charge in [-0.25, -0.2) is 0 Å². The quantitative estimate of drug-likeness (QED) is 0.575. The Morgan fingerprint density at radius 1 is 0.909 bits per heavy atom. The number of hydrogen-bond donors (Lipinski definition) is 1. The van der Waals surface area contributed by atoms with Gasteiger partial charge in [0, 0.05) is 34.3 Å². The van der Waals surface area contributed by atoms with Crippen molar-refractivity contribution in [3.63, 3.8) is 0 Å². The van der Waals surface area contributed by atoms with E-state index < -0.39 is 0 Å². The van der Waals surface area contributed by atoms with Gasteiger partial charge in [-0.05, 0) is 31.2 Å². The maximum Gasteiger partial charge on any atom is 0.220 e. The molecular weight excluding hydrogens is 310 g/mol. The van der Waals surface area contributed by atoms with Gasteiger partial charge in [-0.1, -0.05) is 35.9 Å². The molecule has 0 aromatic heterocycles. The van der Waals surface area contributed by atoms with Crippen molar-refractivity contribution in [3.8, 4) is 0 Å². The fourth-order valence-electron chi connectivity index (χ4n) is 1.86. The van der Waals surface area contributed by atoms with Crippen LogP contribution in [0.25, 0.3) is 0 Å². The van der Waals surface area contributed by atoms with Gasteiger partial charge in [-0.3, -0.25) is 4.79 Å². The number of carbonyl (C=O) groups is 1. The third kappa shape index (κ3) is 6.58. The highest BCUT2D eigenvalue weighted by Crippen LogP contribution is 2.18. The lowest BCUT2D eigenvalue weighted by molar-refractivity contribution is -0.120. The standard InChI is InChI=1S/C18H21NOS2/c1-15-7-9-17(10-8-15)22-14-12-19-18(20)11-13-21-16-5-3-2-4-6-16/h2-10H,11-14H2,1H3,(H,19,20). The van der Waals surface area contributed by atoms with E-state index in [1.54, 1.807) is 23.5 Å². The first-order valence-corrected chi connectivity index (χ1v) is 9.35. The summed E-state index contributed by atoms with van der Waals surface area (Å²) in [5.74, 6) is 1.86. The van der Waals surface area contributed by atoms with Gasteiger partial charge in [-0.15, -0.1) is 23.5 Å². The summed E-state index contributed by atoms with van der Waals surface area (Å²) < 4.78 is 0. The molecule has 0 saturated heterocycles. The van der Waals surface area contributed by atoms with Crippen molar-refractivity contribution in [2.24, 2.45) is 0 Å². The molecule has 0 aliphatic carbocycles. The Labute approximate surface area is 141 Å². The third-order valence-electron chi connectivity index (χ3n) is 3.06. The first-order valence-electron chi connectivity index (χ1n) is 7.38. The van der Waals surface area contributed by atoms with Gasteiger partial charge >= 0.3 is 0 Å². The molecule has 0 bridgehead atoms. The van der Waals surface area contributed by atoms with Gasteiger partial charge in [0.2, 0.25) is 5.91 Å².